The van der Waals surface area contributed by atoms with E-state index in [0.717, 1.165) is 5.92 Å². The van der Waals surface area contributed by atoms with Gasteiger partial charge in [-0.15, -0.1) is 0 Å². The largest absolute Gasteiger partial charge is 0.0616 e. The molecule has 1 aliphatic rings. The molecule has 0 unspecified atom stereocenters. The van der Waals surface area contributed by atoms with Crippen molar-refractivity contribution in [2.45, 2.75) is 65.2 Å². The second-order valence-electron chi connectivity index (χ2n) is 6.92. The van der Waals surface area contributed by atoms with Crippen LogP contribution in [0.4, 0.5) is 0 Å². The summed E-state index contributed by atoms with van der Waals surface area (Å²) in [6.07, 6.45) is 11.4. The fourth-order valence-electron chi connectivity index (χ4n) is 4.01. The van der Waals surface area contributed by atoms with Crippen LogP contribution in [0.1, 0.15) is 61.6 Å². The van der Waals surface area contributed by atoms with Crippen molar-refractivity contribution in [3.63, 3.8) is 0 Å². The predicted molar refractivity (Wildman–Crippen MR) is 92.9 cm³/mol. The highest BCUT2D eigenvalue weighted by molar-refractivity contribution is 5.89. The van der Waals surface area contributed by atoms with Crippen molar-refractivity contribution in [1.82, 2.24) is 0 Å². The van der Waals surface area contributed by atoms with Crippen LogP contribution in [-0.4, -0.2) is 0 Å². The van der Waals surface area contributed by atoms with E-state index < -0.39 is 0 Å². The molecule has 0 saturated heterocycles. The molecule has 1 aliphatic carbocycles. The molecule has 2 aromatic carbocycles. The van der Waals surface area contributed by atoms with Gasteiger partial charge in [0.1, 0.15) is 0 Å². The first-order valence-corrected chi connectivity index (χ1v) is 8.73. The van der Waals surface area contributed by atoms with E-state index in [1.807, 2.05) is 0 Å². The summed E-state index contributed by atoms with van der Waals surface area (Å²) < 4.78 is 0. The number of benzene rings is 2. The van der Waals surface area contributed by atoms with Crippen LogP contribution in [0.2, 0.25) is 0 Å². The Bertz CT molecular complexity index is 603. The Labute approximate surface area is 129 Å². The van der Waals surface area contributed by atoms with Crippen LogP contribution < -0.4 is 0 Å². The van der Waals surface area contributed by atoms with Crippen LogP contribution >= 0.6 is 0 Å². The zero-order valence-electron chi connectivity index (χ0n) is 13.6. The summed E-state index contributed by atoms with van der Waals surface area (Å²) in [6.45, 7) is 4.51. The van der Waals surface area contributed by atoms with Gasteiger partial charge in [-0.25, -0.2) is 0 Å². The number of hydrogen-bond donors (Lipinski definition) is 0. The second kappa shape index (κ2) is 6.64. The molecule has 0 nitrogen and oxygen atoms in total. The molecule has 0 spiro atoms. The third kappa shape index (κ3) is 3.31. The smallest absolute Gasteiger partial charge is 0.0149 e. The average molecular weight is 280 g/mol. The van der Waals surface area contributed by atoms with E-state index in [2.05, 4.69) is 44.2 Å². The summed E-state index contributed by atoms with van der Waals surface area (Å²) in [5, 5.41) is 2.93. The van der Waals surface area contributed by atoms with Gasteiger partial charge >= 0.3 is 0 Å². The fourth-order valence-corrected chi connectivity index (χ4v) is 4.01. The quantitative estimate of drug-likeness (QED) is 0.611. The number of hydrogen-bond acceptors (Lipinski definition) is 0. The van der Waals surface area contributed by atoms with Gasteiger partial charge in [0.25, 0.3) is 0 Å². The molecule has 0 heterocycles. The first-order chi connectivity index (χ1) is 10.3. The van der Waals surface area contributed by atoms with Crippen molar-refractivity contribution in [3.05, 3.63) is 47.0 Å². The normalized spacial score (nSPS) is 16.5. The summed E-state index contributed by atoms with van der Waals surface area (Å²) in [5.74, 6) is 1.01. The molecule has 0 amide bonds. The van der Waals surface area contributed by atoms with Crippen LogP contribution in [0, 0.1) is 19.8 Å². The Balaban J connectivity index is 1.73. The molecule has 0 atom stereocenters. The average Bonchev–Trinajstić information content (AvgIpc) is 2.53. The van der Waals surface area contributed by atoms with Crippen molar-refractivity contribution >= 4 is 10.8 Å². The first-order valence-electron chi connectivity index (χ1n) is 8.73. The highest BCUT2D eigenvalue weighted by Gasteiger charge is 2.13. The number of fused-ring (bicyclic) bond motifs is 1. The molecule has 1 fully saturated rings. The molecule has 0 bridgehead atoms. The molecule has 0 aromatic heterocycles. The number of rotatable bonds is 4. The highest BCUT2D eigenvalue weighted by Crippen LogP contribution is 2.30. The molecule has 112 valence electrons. The zero-order valence-corrected chi connectivity index (χ0v) is 13.6. The predicted octanol–water partition coefficient (Wildman–Crippen LogP) is 6.36. The Morgan fingerprint density at radius 1 is 0.952 bits per heavy atom. The zero-order chi connectivity index (χ0) is 14.7. The van der Waals surface area contributed by atoms with Gasteiger partial charge in [0.05, 0.1) is 0 Å². The molecule has 1 saturated carbocycles. The molecule has 3 rings (SSSR count). The van der Waals surface area contributed by atoms with Crippen LogP contribution in [0.5, 0.6) is 0 Å². The Morgan fingerprint density at radius 2 is 1.67 bits per heavy atom. The van der Waals surface area contributed by atoms with E-state index in [9.17, 15) is 0 Å². The molecule has 0 N–H and O–H groups in total. The van der Waals surface area contributed by atoms with E-state index in [4.69, 9.17) is 0 Å². The maximum atomic E-state index is 2.43. The van der Waals surface area contributed by atoms with Gasteiger partial charge in [0, 0.05) is 0 Å². The monoisotopic (exact) mass is 280 g/mol. The summed E-state index contributed by atoms with van der Waals surface area (Å²) in [7, 11) is 0. The first kappa shape index (κ1) is 14.6. The van der Waals surface area contributed by atoms with E-state index in [0.29, 0.717) is 0 Å². The third-order valence-electron chi connectivity index (χ3n) is 5.44. The van der Waals surface area contributed by atoms with Crippen LogP contribution in [0.3, 0.4) is 0 Å². The van der Waals surface area contributed by atoms with E-state index >= 15 is 0 Å². The lowest BCUT2D eigenvalue weighted by Gasteiger charge is -2.21. The molecule has 0 radical (unpaired) electrons. The van der Waals surface area contributed by atoms with Crippen molar-refractivity contribution in [2.75, 3.05) is 0 Å². The summed E-state index contributed by atoms with van der Waals surface area (Å²) in [6, 6.07) is 11.4. The topological polar surface area (TPSA) is 0 Å². The van der Waals surface area contributed by atoms with Gasteiger partial charge in [0.2, 0.25) is 0 Å². The Hall–Kier alpha value is -1.30. The molecular weight excluding hydrogens is 252 g/mol. The van der Waals surface area contributed by atoms with Crippen LogP contribution in [-0.2, 0) is 6.42 Å². The summed E-state index contributed by atoms with van der Waals surface area (Å²) in [5.41, 5.74) is 4.45. The second-order valence-corrected chi connectivity index (χ2v) is 6.92. The highest BCUT2D eigenvalue weighted by atomic mass is 14.2. The van der Waals surface area contributed by atoms with Crippen molar-refractivity contribution < 1.29 is 0 Å². The molecule has 0 aliphatic heterocycles. The minimum Gasteiger partial charge on any atom is -0.0616 e. The van der Waals surface area contributed by atoms with Gasteiger partial charge in [0.15, 0.2) is 0 Å². The summed E-state index contributed by atoms with van der Waals surface area (Å²) in [4.78, 5) is 0. The number of aryl methyl sites for hydroxylation is 3. The van der Waals surface area contributed by atoms with Crippen LogP contribution in [0.25, 0.3) is 10.8 Å². The van der Waals surface area contributed by atoms with Gasteiger partial charge in [-0.3, -0.25) is 0 Å². The van der Waals surface area contributed by atoms with Gasteiger partial charge in [-0.2, -0.15) is 0 Å². The lowest BCUT2D eigenvalue weighted by molar-refractivity contribution is 0.332. The van der Waals surface area contributed by atoms with Crippen molar-refractivity contribution in [2.24, 2.45) is 5.92 Å². The van der Waals surface area contributed by atoms with Crippen molar-refractivity contribution in [1.29, 1.82) is 0 Å². The molecule has 2 aromatic rings. The lowest BCUT2D eigenvalue weighted by Crippen LogP contribution is -2.06. The van der Waals surface area contributed by atoms with Crippen LogP contribution in [0.15, 0.2) is 30.3 Å². The van der Waals surface area contributed by atoms with Gasteiger partial charge in [-0.1, -0.05) is 68.9 Å². The molecule has 21 heavy (non-hydrogen) atoms. The summed E-state index contributed by atoms with van der Waals surface area (Å²) >= 11 is 0. The van der Waals surface area contributed by atoms with E-state index in [1.54, 1.807) is 5.56 Å². The Kier molecular flexibility index (Phi) is 4.63. The SMILES string of the molecule is Cc1cc(CCCC2CCCCC2)c2ccccc2c1C. The van der Waals surface area contributed by atoms with Gasteiger partial charge < -0.3 is 0 Å². The fraction of sp³-hybridized carbons (Fsp3) is 0.524. The Morgan fingerprint density at radius 3 is 2.43 bits per heavy atom. The molecular formula is C21H28. The lowest BCUT2D eigenvalue weighted by atomic mass is 9.85. The maximum absolute atomic E-state index is 2.43. The third-order valence-corrected chi connectivity index (χ3v) is 5.44. The standard InChI is InChI=1S/C21H28/c1-16-15-19(12-8-11-18-9-4-3-5-10-18)21-14-7-6-13-20(21)17(16)2/h6-7,13-15,18H,3-5,8-12H2,1-2H3. The van der Waals surface area contributed by atoms with E-state index in [-0.39, 0.29) is 0 Å². The van der Waals surface area contributed by atoms with Gasteiger partial charge in [-0.05, 0) is 60.1 Å². The van der Waals surface area contributed by atoms with Crippen molar-refractivity contribution in [3.8, 4) is 0 Å². The minimum atomic E-state index is 1.01. The van der Waals surface area contributed by atoms with E-state index in [1.165, 1.54) is 73.3 Å². The molecule has 0 heteroatoms. The minimum absolute atomic E-state index is 1.01. The maximum Gasteiger partial charge on any atom is -0.0149 e.